The van der Waals surface area contributed by atoms with Gasteiger partial charge in [-0.25, -0.2) is 0 Å². The highest BCUT2D eigenvalue weighted by Gasteiger charge is 2.29. The summed E-state index contributed by atoms with van der Waals surface area (Å²) in [7, 11) is -1.72. The van der Waals surface area contributed by atoms with Gasteiger partial charge in [-0.15, -0.1) is 0 Å². The fourth-order valence-corrected chi connectivity index (χ4v) is 4.06. The standard InChI is InChI=1S/C22H26O3Si/c1-26(2,3)25-20-14-19(15-21(23)17-10-6-4-7-11-17)24-22(16-20)18-12-8-5-9-13-18/h4-14,19,22H,15-16H2,1-3H3/t19-,22-/m0/s1. The molecule has 0 N–H and O–H groups in total. The van der Waals surface area contributed by atoms with E-state index in [0.717, 1.165) is 16.9 Å². The van der Waals surface area contributed by atoms with Crippen LogP contribution in [0.15, 0.2) is 72.5 Å². The Bertz CT molecular complexity index is 763. The predicted octanol–water partition coefficient (Wildman–Crippen LogP) is 5.53. The van der Waals surface area contributed by atoms with Crippen molar-refractivity contribution in [2.24, 2.45) is 0 Å². The van der Waals surface area contributed by atoms with Gasteiger partial charge in [0.15, 0.2) is 5.78 Å². The van der Waals surface area contributed by atoms with Crippen LogP contribution in [0.2, 0.25) is 19.6 Å². The molecular formula is C22H26O3Si. The van der Waals surface area contributed by atoms with Gasteiger partial charge in [-0.1, -0.05) is 60.7 Å². The summed E-state index contributed by atoms with van der Waals surface area (Å²) >= 11 is 0. The molecule has 0 bridgehead atoms. The largest absolute Gasteiger partial charge is 0.547 e. The summed E-state index contributed by atoms with van der Waals surface area (Å²) in [4.78, 5) is 12.6. The molecule has 26 heavy (non-hydrogen) atoms. The summed E-state index contributed by atoms with van der Waals surface area (Å²) in [5.74, 6) is 1.04. The van der Waals surface area contributed by atoms with Crippen molar-refractivity contribution in [2.75, 3.05) is 0 Å². The minimum absolute atomic E-state index is 0.0823. The molecule has 0 saturated heterocycles. The van der Waals surface area contributed by atoms with Crippen LogP contribution < -0.4 is 0 Å². The number of benzene rings is 2. The molecule has 136 valence electrons. The van der Waals surface area contributed by atoms with Crippen molar-refractivity contribution in [3.8, 4) is 0 Å². The van der Waals surface area contributed by atoms with Crippen LogP contribution in [-0.4, -0.2) is 20.2 Å². The van der Waals surface area contributed by atoms with Crippen LogP contribution in [0.3, 0.4) is 0 Å². The maximum absolute atomic E-state index is 12.6. The van der Waals surface area contributed by atoms with Crippen LogP contribution in [0.1, 0.15) is 34.9 Å². The highest BCUT2D eigenvalue weighted by Crippen LogP contribution is 2.34. The number of rotatable bonds is 6. The molecule has 4 heteroatoms. The zero-order valence-corrected chi connectivity index (χ0v) is 16.6. The fourth-order valence-electron chi connectivity index (χ4n) is 3.12. The number of Topliss-reactive ketones (excluding diaryl/α,β-unsaturated/α-hetero) is 1. The summed E-state index contributed by atoms with van der Waals surface area (Å²) in [6.45, 7) is 6.51. The SMILES string of the molecule is C[Si](C)(C)OC1=C[C@@H](CC(=O)c2ccccc2)O[C@H](c2ccccc2)C1. The van der Waals surface area contributed by atoms with E-state index in [-0.39, 0.29) is 18.0 Å². The molecule has 0 saturated carbocycles. The van der Waals surface area contributed by atoms with Gasteiger partial charge in [0, 0.05) is 18.4 Å². The third-order valence-corrected chi connectivity index (χ3v) is 5.06. The van der Waals surface area contributed by atoms with Crippen molar-refractivity contribution in [3.63, 3.8) is 0 Å². The van der Waals surface area contributed by atoms with Gasteiger partial charge in [-0.3, -0.25) is 4.79 Å². The molecule has 0 aliphatic carbocycles. The van der Waals surface area contributed by atoms with Gasteiger partial charge in [0.1, 0.15) is 0 Å². The maximum Gasteiger partial charge on any atom is 0.241 e. The molecule has 3 rings (SSSR count). The van der Waals surface area contributed by atoms with Crippen LogP contribution in [0.5, 0.6) is 0 Å². The quantitative estimate of drug-likeness (QED) is 0.498. The average Bonchev–Trinajstić information content (AvgIpc) is 2.61. The molecule has 1 aliphatic heterocycles. The topological polar surface area (TPSA) is 35.5 Å². The van der Waals surface area contributed by atoms with E-state index in [4.69, 9.17) is 9.16 Å². The van der Waals surface area contributed by atoms with Crippen molar-refractivity contribution < 1.29 is 14.0 Å². The van der Waals surface area contributed by atoms with E-state index in [0.29, 0.717) is 12.8 Å². The zero-order chi connectivity index (χ0) is 18.6. The van der Waals surface area contributed by atoms with Gasteiger partial charge in [-0.2, -0.15) is 0 Å². The third kappa shape index (κ3) is 5.16. The Labute approximate surface area is 156 Å². The minimum Gasteiger partial charge on any atom is -0.547 e. The van der Waals surface area contributed by atoms with Gasteiger partial charge in [0.25, 0.3) is 0 Å². The van der Waals surface area contributed by atoms with E-state index in [2.05, 4.69) is 31.8 Å². The van der Waals surface area contributed by atoms with E-state index in [1.807, 2.05) is 54.6 Å². The Hall–Kier alpha value is -2.17. The number of ether oxygens (including phenoxy) is 1. The molecule has 0 fully saturated rings. The Morgan fingerprint density at radius 3 is 2.27 bits per heavy atom. The van der Waals surface area contributed by atoms with Crippen LogP contribution in [0.4, 0.5) is 0 Å². The van der Waals surface area contributed by atoms with Crippen molar-refractivity contribution >= 4 is 14.1 Å². The van der Waals surface area contributed by atoms with E-state index in [9.17, 15) is 4.79 Å². The van der Waals surface area contributed by atoms with Gasteiger partial charge in [0.2, 0.25) is 8.32 Å². The van der Waals surface area contributed by atoms with Gasteiger partial charge < -0.3 is 9.16 Å². The third-order valence-electron chi connectivity index (χ3n) is 4.19. The van der Waals surface area contributed by atoms with Crippen LogP contribution in [0.25, 0.3) is 0 Å². The van der Waals surface area contributed by atoms with Crippen LogP contribution >= 0.6 is 0 Å². The molecule has 0 amide bonds. The molecule has 2 aromatic rings. The second-order valence-corrected chi connectivity index (χ2v) is 12.0. The van der Waals surface area contributed by atoms with Gasteiger partial charge in [0.05, 0.1) is 18.0 Å². The van der Waals surface area contributed by atoms with E-state index < -0.39 is 8.32 Å². The average molecular weight is 367 g/mol. The van der Waals surface area contributed by atoms with E-state index in [1.54, 1.807) is 0 Å². The molecule has 0 spiro atoms. The molecule has 0 radical (unpaired) electrons. The van der Waals surface area contributed by atoms with Crippen molar-refractivity contribution in [1.82, 2.24) is 0 Å². The smallest absolute Gasteiger partial charge is 0.241 e. The number of ketones is 1. The molecule has 2 aromatic carbocycles. The number of carbonyl (C=O) groups excluding carboxylic acids is 1. The lowest BCUT2D eigenvalue weighted by molar-refractivity contribution is -0.00861. The molecule has 1 heterocycles. The molecule has 2 atom stereocenters. The molecular weight excluding hydrogens is 340 g/mol. The molecule has 0 unspecified atom stereocenters. The Kier molecular flexibility index (Phi) is 5.74. The highest BCUT2D eigenvalue weighted by molar-refractivity contribution is 6.70. The monoisotopic (exact) mass is 366 g/mol. The lowest BCUT2D eigenvalue weighted by Gasteiger charge is -2.32. The zero-order valence-electron chi connectivity index (χ0n) is 15.6. The normalized spacial score (nSPS) is 20.3. The van der Waals surface area contributed by atoms with Gasteiger partial charge >= 0.3 is 0 Å². The second-order valence-electron chi connectivity index (χ2n) is 7.62. The summed E-state index contributed by atoms with van der Waals surface area (Å²) in [6, 6.07) is 19.6. The first-order valence-electron chi connectivity index (χ1n) is 9.09. The lowest BCUT2D eigenvalue weighted by atomic mass is 9.98. The number of hydrogen-bond donors (Lipinski definition) is 0. The minimum atomic E-state index is -1.72. The Morgan fingerprint density at radius 2 is 1.65 bits per heavy atom. The molecule has 0 aromatic heterocycles. The van der Waals surface area contributed by atoms with Gasteiger partial charge in [-0.05, 0) is 31.3 Å². The van der Waals surface area contributed by atoms with E-state index in [1.165, 1.54) is 0 Å². The van der Waals surface area contributed by atoms with Crippen LogP contribution in [-0.2, 0) is 9.16 Å². The lowest BCUT2D eigenvalue weighted by Crippen LogP contribution is -2.30. The van der Waals surface area contributed by atoms with E-state index >= 15 is 0 Å². The van der Waals surface area contributed by atoms with Crippen molar-refractivity contribution in [1.29, 1.82) is 0 Å². The second kappa shape index (κ2) is 8.02. The predicted molar refractivity (Wildman–Crippen MR) is 107 cm³/mol. The first kappa shape index (κ1) is 18.6. The first-order valence-corrected chi connectivity index (χ1v) is 12.5. The Balaban J connectivity index is 1.80. The maximum atomic E-state index is 12.6. The summed E-state index contributed by atoms with van der Waals surface area (Å²) in [5, 5.41) is 0. The molecule has 3 nitrogen and oxygen atoms in total. The summed E-state index contributed by atoms with van der Waals surface area (Å²) in [5.41, 5.74) is 1.84. The number of carbonyl (C=O) groups is 1. The summed E-state index contributed by atoms with van der Waals surface area (Å²) in [6.07, 6.45) is 2.68. The number of hydrogen-bond acceptors (Lipinski definition) is 3. The van der Waals surface area contributed by atoms with Crippen molar-refractivity contribution in [3.05, 3.63) is 83.6 Å². The summed E-state index contributed by atoms with van der Waals surface area (Å²) < 4.78 is 12.5. The van der Waals surface area contributed by atoms with Crippen LogP contribution in [0, 0.1) is 0 Å². The first-order chi connectivity index (χ1) is 12.4. The highest BCUT2D eigenvalue weighted by atomic mass is 28.4. The molecule has 1 aliphatic rings. The van der Waals surface area contributed by atoms with Crippen molar-refractivity contribution in [2.45, 2.75) is 44.7 Å². The Morgan fingerprint density at radius 1 is 1.04 bits per heavy atom. The fraction of sp³-hybridized carbons (Fsp3) is 0.318.